The summed E-state index contributed by atoms with van der Waals surface area (Å²) in [6, 6.07) is 24.0. The number of amidine groups is 1. The number of fused-ring (bicyclic) bond motifs is 1. The fourth-order valence-corrected chi connectivity index (χ4v) is 6.03. The number of hydrogen-bond donors (Lipinski definition) is 1. The van der Waals surface area contributed by atoms with Crippen molar-refractivity contribution in [2.45, 2.75) is 39.0 Å². The Labute approximate surface area is 250 Å². The molecule has 2 aliphatic heterocycles. The number of methoxy groups -OCH3 is 2. The summed E-state index contributed by atoms with van der Waals surface area (Å²) in [5.41, 5.74) is 4.21. The van der Waals surface area contributed by atoms with Crippen LogP contribution < -0.4 is 14.8 Å². The number of carbonyl (C=O) groups excluding carboxylic acids is 2. The second-order valence-corrected chi connectivity index (χ2v) is 10.8. The molecule has 2 aliphatic rings. The van der Waals surface area contributed by atoms with E-state index in [1.54, 1.807) is 27.2 Å². The Kier molecular flexibility index (Phi) is 8.97. The van der Waals surface area contributed by atoms with Crippen LogP contribution in [0, 0.1) is 0 Å². The molecule has 9 heteroatoms. The topological polar surface area (TPSA) is 89.5 Å². The van der Waals surface area contributed by atoms with E-state index in [0.717, 1.165) is 11.1 Å². The zero-order chi connectivity index (χ0) is 29.6. The molecule has 2 heterocycles. The summed E-state index contributed by atoms with van der Waals surface area (Å²) in [5.74, 6) is 0.542. The molecule has 0 saturated heterocycles. The van der Waals surface area contributed by atoms with Crippen molar-refractivity contribution in [2.24, 2.45) is 4.99 Å². The van der Waals surface area contributed by atoms with Crippen LogP contribution in [-0.4, -0.2) is 36.2 Å². The van der Waals surface area contributed by atoms with Crippen LogP contribution in [0.2, 0.25) is 0 Å². The van der Waals surface area contributed by atoms with Gasteiger partial charge in [-0.2, -0.15) is 0 Å². The third-order valence-electron chi connectivity index (χ3n) is 7.18. The first-order chi connectivity index (χ1) is 20.4. The van der Waals surface area contributed by atoms with Crippen molar-refractivity contribution in [3.05, 3.63) is 118 Å². The molecule has 0 aliphatic carbocycles. The first kappa shape index (κ1) is 29.0. The number of amides is 1. The molecule has 0 unspecified atom stereocenters. The van der Waals surface area contributed by atoms with Gasteiger partial charge in [0.05, 0.1) is 44.0 Å². The molecule has 3 aromatic carbocycles. The summed E-state index contributed by atoms with van der Waals surface area (Å²) in [6.07, 6.45) is 0.0946. The second-order valence-electron chi connectivity index (χ2n) is 9.94. The Morgan fingerprint density at radius 3 is 2.40 bits per heavy atom. The summed E-state index contributed by atoms with van der Waals surface area (Å²) in [5, 5.41) is 5.67. The molecule has 0 radical (unpaired) electrons. The van der Waals surface area contributed by atoms with Crippen LogP contribution in [-0.2, 0) is 20.9 Å². The minimum absolute atomic E-state index is 0.0946. The van der Waals surface area contributed by atoms with Gasteiger partial charge in [-0.1, -0.05) is 72.4 Å². The lowest BCUT2D eigenvalue weighted by atomic mass is 9.92. The van der Waals surface area contributed by atoms with Gasteiger partial charge in [0.25, 0.3) is 0 Å². The number of benzene rings is 3. The lowest BCUT2D eigenvalue weighted by molar-refractivity contribution is -0.141. The van der Waals surface area contributed by atoms with Gasteiger partial charge in [0.2, 0.25) is 5.91 Å². The number of carbonyl (C=O) groups is 2. The Hall–Kier alpha value is -4.50. The van der Waals surface area contributed by atoms with Gasteiger partial charge in [0.15, 0.2) is 5.17 Å². The van der Waals surface area contributed by atoms with Gasteiger partial charge in [0, 0.05) is 11.3 Å². The summed E-state index contributed by atoms with van der Waals surface area (Å²) in [7, 11) is 3.17. The van der Waals surface area contributed by atoms with Crippen LogP contribution in [0.1, 0.15) is 49.0 Å². The van der Waals surface area contributed by atoms with Crippen LogP contribution in [0.5, 0.6) is 11.5 Å². The normalized spacial score (nSPS) is 16.7. The number of esters is 1. The van der Waals surface area contributed by atoms with Gasteiger partial charge < -0.3 is 24.4 Å². The maximum absolute atomic E-state index is 13.8. The number of allylic oxidation sites excluding steroid dienone is 1. The van der Waals surface area contributed by atoms with Crippen molar-refractivity contribution in [3.8, 4) is 11.5 Å². The van der Waals surface area contributed by atoms with Crippen molar-refractivity contribution in [1.29, 1.82) is 0 Å². The number of hydrogen-bond acceptors (Lipinski definition) is 8. The summed E-state index contributed by atoms with van der Waals surface area (Å²) >= 11 is 1.42. The van der Waals surface area contributed by atoms with Crippen LogP contribution in [0.25, 0.3) is 0 Å². The number of rotatable bonds is 10. The second kappa shape index (κ2) is 13.0. The standard InChI is InChI=1S/C33H33N3O5S/c1-21(24-13-9-6-10-14-24)34-29(37)17-25-20-42-33-35-22(2)30(32(38)41-19-23-11-7-5-8-12-23)31(36(25)33)27-18-26(39-3)15-16-28(27)40-4/h5-16,18,20-21,31H,17,19H2,1-4H3,(H,34,37)/t21-,31+/m0/s1. The van der Waals surface area contributed by atoms with E-state index in [0.29, 0.717) is 39.2 Å². The fraction of sp³-hybridized carbons (Fsp3) is 0.242. The van der Waals surface area contributed by atoms with Gasteiger partial charge >= 0.3 is 5.97 Å². The highest BCUT2D eigenvalue weighted by molar-refractivity contribution is 8.16. The fourth-order valence-electron chi connectivity index (χ4n) is 5.06. The Bertz CT molecular complexity index is 1550. The third-order valence-corrected chi connectivity index (χ3v) is 8.07. The largest absolute Gasteiger partial charge is 0.497 e. The maximum atomic E-state index is 13.8. The molecular formula is C33H33N3O5S. The van der Waals surface area contributed by atoms with Crippen LogP contribution in [0.15, 0.2) is 106 Å². The molecule has 3 aromatic rings. The van der Waals surface area contributed by atoms with E-state index in [4.69, 9.17) is 19.2 Å². The van der Waals surface area contributed by atoms with E-state index in [1.807, 2.05) is 90.0 Å². The highest BCUT2D eigenvalue weighted by Crippen LogP contribution is 2.47. The van der Waals surface area contributed by atoms with Gasteiger partial charge in [-0.25, -0.2) is 9.79 Å². The average Bonchev–Trinajstić information content (AvgIpc) is 3.41. The highest BCUT2D eigenvalue weighted by Gasteiger charge is 2.42. The molecule has 5 rings (SSSR count). The molecular weight excluding hydrogens is 550 g/mol. The SMILES string of the molecule is COc1ccc(OC)c([C@@H]2C(C(=O)OCc3ccccc3)=C(C)N=C3SC=C(CC(=O)N[C@@H](C)c4ccccc4)N32)c1. The molecule has 1 N–H and O–H groups in total. The summed E-state index contributed by atoms with van der Waals surface area (Å²) in [6.45, 7) is 3.87. The van der Waals surface area contributed by atoms with Gasteiger partial charge in [-0.3, -0.25) is 4.79 Å². The Balaban J connectivity index is 1.48. The van der Waals surface area contributed by atoms with Gasteiger partial charge in [-0.05, 0) is 48.6 Å². The number of nitrogens with zero attached hydrogens (tertiary/aromatic N) is 2. The van der Waals surface area contributed by atoms with E-state index in [1.165, 1.54) is 11.8 Å². The minimum Gasteiger partial charge on any atom is -0.497 e. The summed E-state index contributed by atoms with van der Waals surface area (Å²) in [4.78, 5) is 33.8. The molecule has 0 fully saturated rings. The summed E-state index contributed by atoms with van der Waals surface area (Å²) < 4.78 is 17.1. The molecule has 216 valence electrons. The van der Waals surface area contributed by atoms with E-state index < -0.39 is 12.0 Å². The molecule has 0 aromatic heterocycles. The first-order valence-electron chi connectivity index (χ1n) is 13.6. The van der Waals surface area contributed by atoms with Crippen molar-refractivity contribution in [2.75, 3.05) is 14.2 Å². The lowest BCUT2D eigenvalue weighted by Gasteiger charge is -2.37. The molecule has 1 amide bonds. The molecule has 2 atom stereocenters. The predicted octanol–water partition coefficient (Wildman–Crippen LogP) is 6.29. The smallest absolute Gasteiger partial charge is 0.338 e. The van der Waals surface area contributed by atoms with Crippen LogP contribution >= 0.6 is 11.8 Å². The van der Waals surface area contributed by atoms with Gasteiger partial charge in [-0.15, -0.1) is 0 Å². The Morgan fingerprint density at radius 2 is 1.71 bits per heavy atom. The average molecular weight is 584 g/mol. The molecule has 8 nitrogen and oxygen atoms in total. The Morgan fingerprint density at radius 1 is 1.00 bits per heavy atom. The van der Waals surface area contributed by atoms with Crippen LogP contribution in [0.3, 0.4) is 0 Å². The van der Waals surface area contributed by atoms with Crippen molar-refractivity contribution in [3.63, 3.8) is 0 Å². The van der Waals surface area contributed by atoms with Crippen LogP contribution in [0.4, 0.5) is 0 Å². The number of nitrogens with one attached hydrogen (secondary N) is 1. The predicted molar refractivity (Wildman–Crippen MR) is 164 cm³/mol. The molecule has 0 spiro atoms. The van der Waals surface area contributed by atoms with Crippen molar-refractivity contribution < 1.29 is 23.8 Å². The quantitative estimate of drug-likeness (QED) is 0.281. The first-order valence-corrected chi connectivity index (χ1v) is 14.5. The van der Waals surface area contributed by atoms with Crippen molar-refractivity contribution >= 4 is 28.8 Å². The monoisotopic (exact) mass is 583 g/mol. The number of ether oxygens (including phenoxy) is 3. The molecule has 0 bridgehead atoms. The number of aliphatic imine (C=N–C) groups is 1. The maximum Gasteiger partial charge on any atom is 0.338 e. The van der Waals surface area contributed by atoms with Gasteiger partial charge in [0.1, 0.15) is 18.1 Å². The highest BCUT2D eigenvalue weighted by atomic mass is 32.2. The zero-order valence-corrected chi connectivity index (χ0v) is 24.8. The van der Waals surface area contributed by atoms with E-state index in [9.17, 15) is 9.59 Å². The number of thioether (sulfide) groups is 1. The van der Waals surface area contributed by atoms with E-state index in [2.05, 4.69) is 5.32 Å². The lowest BCUT2D eigenvalue weighted by Crippen LogP contribution is -2.38. The third kappa shape index (κ3) is 6.21. The molecule has 42 heavy (non-hydrogen) atoms. The molecule has 0 saturated carbocycles. The van der Waals surface area contributed by atoms with E-state index >= 15 is 0 Å². The zero-order valence-electron chi connectivity index (χ0n) is 24.0. The minimum atomic E-state index is -0.661. The van der Waals surface area contributed by atoms with E-state index in [-0.39, 0.29) is 25.0 Å². The van der Waals surface area contributed by atoms with Crippen molar-refractivity contribution in [1.82, 2.24) is 10.2 Å².